The lowest BCUT2D eigenvalue weighted by atomic mass is 9.97. The topological polar surface area (TPSA) is 60.2 Å². The van der Waals surface area contributed by atoms with Gasteiger partial charge in [0.15, 0.2) is 0 Å². The van der Waals surface area contributed by atoms with Crippen LogP contribution in [0.2, 0.25) is 0 Å². The Balaban J connectivity index is 3.04. The molecule has 1 aromatic heterocycles. The van der Waals surface area contributed by atoms with Crippen molar-refractivity contribution in [1.29, 1.82) is 0 Å². The lowest BCUT2D eigenvalue weighted by Gasteiger charge is -2.29. The van der Waals surface area contributed by atoms with E-state index in [0.29, 0.717) is 12.4 Å². The van der Waals surface area contributed by atoms with Gasteiger partial charge in [-0.2, -0.15) is 0 Å². The highest BCUT2D eigenvalue weighted by atomic mass is 16.5. The highest BCUT2D eigenvalue weighted by molar-refractivity contribution is 5.43. The van der Waals surface area contributed by atoms with E-state index in [4.69, 9.17) is 10.5 Å². The summed E-state index contributed by atoms with van der Waals surface area (Å²) >= 11 is 0. The van der Waals surface area contributed by atoms with Gasteiger partial charge in [0.1, 0.15) is 5.82 Å². The number of aryl methyl sites for hydroxylation is 1. The molecule has 0 bridgehead atoms. The number of nitrogens with two attached hydrogens (primary N) is 1. The first-order valence-electron chi connectivity index (χ1n) is 7.70. The molecule has 0 spiro atoms. The summed E-state index contributed by atoms with van der Waals surface area (Å²) in [4.78, 5) is 4.29. The van der Waals surface area contributed by atoms with E-state index in [1.807, 2.05) is 20.0 Å². The van der Waals surface area contributed by atoms with Gasteiger partial charge in [-0.3, -0.25) is 0 Å². The van der Waals surface area contributed by atoms with E-state index >= 15 is 0 Å². The number of ether oxygens (including phenoxy) is 1. The number of rotatable bonds is 9. The van der Waals surface area contributed by atoms with E-state index < -0.39 is 0 Å². The van der Waals surface area contributed by atoms with Crippen LogP contribution in [0.15, 0.2) is 12.3 Å². The van der Waals surface area contributed by atoms with Crippen molar-refractivity contribution in [2.75, 3.05) is 18.9 Å². The molecule has 0 aliphatic rings. The molecule has 114 valence electrons. The molecule has 0 aliphatic heterocycles. The summed E-state index contributed by atoms with van der Waals surface area (Å²) in [6, 6.07) is 2.24. The monoisotopic (exact) mass is 279 g/mol. The number of anilines is 1. The van der Waals surface area contributed by atoms with Gasteiger partial charge in [0.2, 0.25) is 0 Å². The summed E-state index contributed by atoms with van der Waals surface area (Å²) in [7, 11) is 0. The minimum absolute atomic E-state index is 0.113. The minimum Gasteiger partial charge on any atom is -0.383 e. The molecule has 0 saturated heterocycles. The summed E-state index contributed by atoms with van der Waals surface area (Å²) in [5, 5.41) is 3.58. The van der Waals surface area contributed by atoms with Gasteiger partial charge in [-0.05, 0) is 44.9 Å². The van der Waals surface area contributed by atoms with E-state index in [0.717, 1.165) is 36.9 Å². The Morgan fingerprint density at radius 1 is 1.30 bits per heavy atom. The molecule has 1 heterocycles. The molecular weight excluding hydrogens is 250 g/mol. The maximum Gasteiger partial charge on any atom is 0.128 e. The second-order valence-electron chi connectivity index (χ2n) is 5.20. The van der Waals surface area contributed by atoms with Gasteiger partial charge in [-0.15, -0.1) is 0 Å². The SMILES string of the molecule is CCCNC(c1cc(C)cnc1N)C(CCC)OCC. The molecule has 2 atom stereocenters. The van der Waals surface area contributed by atoms with Gasteiger partial charge in [-0.1, -0.05) is 20.3 Å². The third-order valence-corrected chi connectivity index (χ3v) is 3.36. The van der Waals surface area contributed by atoms with Gasteiger partial charge in [-0.25, -0.2) is 4.98 Å². The zero-order valence-corrected chi connectivity index (χ0v) is 13.3. The van der Waals surface area contributed by atoms with Gasteiger partial charge >= 0.3 is 0 Å². The third-order valence-electron chi connectivity index (χ3n) is 3.36. The Morgan fingerprint density at radius 2 is 2.05 bits per heavy atom. The normalized spacial score (nSPS) is 14.2. The fraction of sp³-hybridized carbons (Fsp3) is 0.688. The first-order chi connectivity index (χ1) is 9.63. The van der Waals surface area contributed by atoms with Crippen molar-refractivity contribution in [2.24, 2.45) is 0 Å². The van der Waals surface area contributed by atoms with Gasteiger partial charge in [0.25, 0.3) is 0 Å². The zero-order valence-electron chi connectivity index (χ0n) is 13.3. The van der Waals surface area contributed by atoms with Crippen LogP contribution in [0.3, 0.4) is 0 Å². The maximum atomic E-state index is 6.09. The van der Waals surface area contributed by atoms with E-state index in [1.165, 1.54) is 0 Å². The average molecular weight is 279 g/mol. The van der Waals surface area contributed by atoms with Gasteiger partial charge in [0.05, 0.1) is 12.1 Å². The Labute approximate surface area is 123 Å². The van der Waals surface area contributed by atoms with Crippen LogP contribution < -0.4 is 11.1 Å². The minimum atomic E-state index is 0.113. The van der Waals surface area contributed by atoms with Crippen molar-refractivity contribution in [1.82, 2.24) is 10.3 Å². The van der Waals surface area contributed by atoms with Crippen LogP contribution in [0.4, 0.5) is 5.82 Å². The van der Waals surface area contributed by atoms with E-state index in [-0.39, 0.29) is 12.1 Å². The summed E-state index contributed by atoms with van der Waals surface area (Å²) in [5.41, 5.74) is 8.27. The van der Waals surface area contributed by atoms with Crippen molar-refractivity contribution in [3.63, 3.8) is 0 Å². The summed E-state index contributed by atoms with van der Waals surface area (Å²) in [5.74, 6) is 0.602. The zero-order chi connectivity index (χ0) is 15.0. The predicted octanol–water partition coefficient (Wildman–Crippen LogP) is 3.22. The quantitative estimate of drug-likeness (QED) is 0.728. The van der Waals surface area contributed by atoms with Crippen molar-refractivity contribution in [2.45, 2.75) is 59.1 Å². The standard InChI is InChI=1S/C16H29N3O/c1-5-8-14(20-7-3)15(18-9-6-2)13-10-12(4)11-19-16(13)17/h10-11,14-15,18H,5-9H2,1-4H3,(H2,17,19). The Hall–Kier alpha value is -1.13. The number of hydrogen-bond acceptors (Lipinski definition) is 4. The van der Waals surface area contributed by atoms with Crippen molar-refractivity contribution >= 4 is 5.82 Å². The second kappa shape index (κ2) is 8.93. The van der Waals surface area contributed by atoms with Gasteiger partial charge < -0.3 is 15.8 Å². The largest absolute Gasteiger partial charge is 0.383 e. The molecule has 3 N–H and O–H groups in total. The van der Waals surface area contributed by atoms with Crippen molar-refractivity contribution in [3.8, 4) is 0 Å². The second-order valence-corrected chi connectivity index (χ2v) is 5.20. The average Bonchev–Trinajstić information content (AvgIpc) is 2.43. The number of nitrogens with one attached hydrogen (secondary N) is 1. The van der Waals surface area contributed by atoms with E-state index in [2.05, 4.69) is 30.2 Å². The van der Waals surface area contributed by atoms with Crippen molar-refractivity contribution < 1.29 is 4.74 Å². The number of nitrogens with zero attached hydrogens (tertiary/aromatic N) is 1. The van der Waals surface area contributed by atoms with Crippen LogP contribution in [-0.2, 0) is 4.74 Å². The maximum absolute atomic E-state index is 6.09. The molecule has 2 unspecified atom stereocenters. The summed E-state index contributed by atoms with van der Waals surface area (Å²) in [6.07, 6.45) is 5.14. The fourth-order valence-corrected chi connectivity index (χ4v) is 2.44. The molecule has 1 rings (SSSR count). The number of hydrogen-bond donors (Lipinski definition) is 2. The first-order valence-corrected chi connectivity index (χ1v) is 7.70. The van der Waals surface area contributed by atoms with Crippen LogP contribution in [0, 0.1) is 6.92 Å². The highest BCUT2D eigenvalue weighted by Gasteiger charge is 2.24. The molecule has 0 radical (unpaired) electrons. The molecular formula is C16H29N3O. The first kappa shape index (κ1) is 16.9. The summed E-state index contributed by atoms with van der Waals surface area (Å²) in [6.45, 7) is 10.1. The van der Waals surface area contributed by atoms with Crippen molar-refractivity contribution in [3.05, 3.63) is 23.4 Å². The van der Waals surface area contributed by atoms with E-state index in [1.54, 1.807) is 0 Å². The van der Waals surface area contributed by atoms with Gasteiger partial charge in [0, 0.05) is 18.4 Å². The lowest BCUT2D eigenvalue weighted by molar-refractivity contribution is 0.0277. The van der Waals surface area contributed by atoms with Crippen LogP contribution in [0.25, 0.3) is 0 Å². The smallest absolute Gasteiger partial charge is 0.128 e. The molecule has 20 heavy (non-hydrogen) atoms. The van der Waals surface area contributed by atoms with Crippen LogP contribution in [0.5, 0.6) is 0 Å². The molecule has 1 aromatic rings. The molecule has 0 aromatic carbocycles. The fourth-order valence-electron chi connectivity index (χ4n) is 2.44. The Bertz CT molecular complexity index is 389. The van der Waals surface area contributed by atoms with Crippen LogP contribution in [-0.4, -0.2) is 24.2 Å². The molecule has 0 aliphatic carbocycles. The number of pyridine rings is 1. The number of nitrogen functional groups attached to an aromatic ring is 1. The van der Waals surface area contributed by atoms with Crippen LogP contribution in [0.1, 0.15) is 57.2 Å². The summed E-state index contributed by atoms with van der Waals surface area (Å²) < 4.78 is 5.95. The Kier molecular flexibility index (Phi) is 7.55. The molecule has 0 saturated carbocycles. The highest BCUT2D eigenvalue weighted by Crippen LogP contribution is 2.27. The molecule has 4 heteroatoms. The van der Waals surface area contributed by atoms with E-state index in [9.17, 15) is 0 Å². The molecule has 4 nitrogen and oxygen atoms in total. The lowest BCUT2D eigenvalue weighted by Crippen LogP contribution is -2.35. The third kappa shape index (κ3) is 4.76. The number of aromatic nitrogens is 1. The van der Waals surface area contributed by atoms with Crippen LogP contribution >= 0.6 is 0 Å². The Morgan fingerprint density at radius 3 is 2.65 bits per heavy atom. The predicted molar refractivity (Wildman–Crippen MR) is 84.7 cm³/mol. The molecule has 0 fully saturated rings. The molecule has 0 amide bonds.